The zero-order valence-corrected chi connectivity index (χ0v) is 19.7. The molecule has 7 nitrogen and oxygen atoms in total. The van der Waals surface area contributed by atoms with Gasteiger partial charge in [-0.3, -0.25) is 4.79 Å². The van der Waals surface area contributed by atoms with Crippen molar-refractivity contribution in [3.8, 4) is 22.9 Å². The van der Waals surface area contributed by atoms with E-state index in [1.54, 1.807) is 43.5 Å². The normalized spacial score (nSPS) is 10.7. The Morgan fingerprint density at radius 1 is 1.00 bits per heavy atom. The molecule has 4 rings (SSSR count). The molecule has 0 unspecified atom stereocenters. The molecule has 0 spiro atoms. The van der Waals surface area contributed by atoms with Crippen molar-refractivity contribution < 1.29 is 18.1 Å². The summed E-state index contributed by atoms with van der Waals surface area (Å²) in [5, 5.41) is 3.29. The Balaban J connectivity index is 1.58. The number of aromatic nitrogens is 2. The molecule has 0 saturated heterocycles. The van der Waals surface area contributed by atoms with Crippen molar-refractivity contribution in [2.24, 2.45) is 5.73 Å². The summed E-state index contributed by atoms with van der Waals surface area (Å²) >= 11 is 1.38. The molecule has 178 valence electrons. The smallest absolute Gasteiger partial charge is 0.267 e. The summed E-state index contributed by atoms with van der Waals surface area (Å²) in [4.78, 5) is 20.9. The molecule has 1 amide bonds. The van der Waals surface area contributed by atoms with E-state index in [0.717, 1.165) is 23.4 Å². The zero-order valence-electron chi connectivity index (χ0n) is 18.9. The number of carbonyl (C=O) groups is 1. The van der Waals surface area contributed by atoms with Crippen LogP contribution in [0.5, 0.6) is 11.5 Å². The molecular weight excluding hydrogens is 467 g/mol. The lowest BCUT2D eigenvalue weighted by atomic mass is 10.1. The summed E-state index contributed by atoms with van der Waals surface area (Å²) in [6, 6.07) is 22.2. The van der Waals surface area contributed by atoms with Crippen LogP contribution in [0.25, 0.3) is 11.4 Å². The number of carbonyl (C=O) groups excluding carboxylic acids is 1. The van der Waals surface area contributed by atoms with Crippen LogP contribution in [0.1, 0.15) is 16.1 Å². The molecule has 1 heterocycles. The van der Waals surface area contributed by atoms with Gasteiger partial charge >= 0.3 is 0 Å². The number of primary amides is 1. The minimum absolute atomic E-state index is 0.0940. The second-order valence-electron chi connectivity index (χ2n) is 7.43. The zero-order chi connectivity index (χ0) is 24.6. The van der Waals surface area contributed by atoms with Crippen molar-refractivity contribution in [3.05, 3.63) is 95.9 Å². The SMILES string of the molecule is COSCCc1ccccc1Nc1cc(C(N)=O)nc(-c2ccc(Oc3ccc(F)cc3)cc2)n1. The van der Waals surface area contributed by atoms with Crippen LogP contribution in [0.3, 0.4) is 0 Å². The van der Waals surface area contributed by atoms with Crippen molar-refractivity contribution >= 4 is 29.5 Å². The first-order valence-electron chi connectivity index (χ1n) is 10.7. The summed E-state index contributed by atoms with van der Waals surface area (Å²) in [5.41, 5.74) is 8.25. The van der Waals surface area contributed by atoms with Gasteiger partial charge in [-0.15, -0.1) is 0 Å². The Kier molecular flexibility index (Phi) is 7.92. The third kappa shape index (κ3) is 6.56. The van der Waals surface area contributed by atoms with Crippen LogP contribution in [0.15, 0.2) is 78.9 Å². The summed E-state index contributed by atoms with van der Waals surface area (Å²) in [6.45, 7) is 0. The van der Waals surface area contributed by atoms with Crippen LogP contribution in [0.4, 0.5) is 15.9 Å². The Labute approximate surface area is 206 Å². The van der Waals surface area contributed by atoms with Gasteiger partial charge in [-0.1, -0.05) is 18.2 Å². The molecule has 0 radical (unpaired) electrons. The van der Waals surface area contributed by atoms with Crippen molar-refractivity contribution in [3.63, 3.8) is 0 Å². The number of hydrogen-bond donors (Lipinski definition) is 2. The third-order valence-corrected chi connectivity index (χ3v) is 5.60. The van der Waals surface area contributed by atoms with E-state index in [1.807, 2.05) is 24.3 Å². The lowest BCUT2D eigenvalue weighted by Gasteiger charge is -2.13. The van der Waals surface area contributed by atoms with E-state index >= 15 is 0 Å². The predicted octanol–water partition coefficient (Wildman–Crippen LogP) is 5.75. The minimum atomic E-state index is -0.655. The number of benzene rings is 3. The highest BCUT2D eigenvalue weighted by molar-refractivity contribution is 7.94. The largest absolute Gasteiger partial charge is 0.457 e. The van der Waals surface area contributed by atoms with Crippen molar-refractivity contribution in [2.45, 2.75) is 6.42 Å². The van der Waals surface area contributed by atoms with Gasteiger partial charge in [0.05, 0.1) is 7.11 Å². The maximum absolute atomic E-state index is 13.1. The molecular formula is C26H23FN4O3S. The van der Waals surface area contributed by atoms with Crippen LogP contribution in [0, 0.1) is 5.82 Å². The summed E-state index contributed by atoms with van der Waals surface area (Å²) in [7, 11) is 1.64. The van der Waals surface area contributed by atoms with Crippen LogP contribution in [-0.2, 0) is 10.6 Å². The standard InChI is InChI=1S/C26H23FN4O3S/c1-33-35-15-14-17-4-2-3-5-22(17)29-24-16-23(25(28)32)30-26(31-24)18-6-10-20(11-7-18)34-21-12-8-19(27)9-13-21/h2-13,16H,14-15H2,1H3,(H2,28,32)(H,29,30,31). The molecule has 0 aliphatic rings. The Morgan fingerprint density at radius 2 is 1.69 bits per heavy atom. The van der Waals surface area contributed by atoms with E-state index in [0.29, 0.717) is 28.7 Å². The Bertz CT molecular complexity index is 1300. The first-order chi connectivity index (χ1) is 17.0. The molecule has 9 heteroatoms. The maximum Gasteiger partial charge on any atom is 0.267 e. The molecule has 3 N–H and O–H groups in total. The van der Waals surface area contributed by atoms with E-state index in [4.69, 9.17) is 14.7 Å². The van der Waals surface area contributed by atoms with Gasteiger partial charge in [-0.05, 0) is 78.6 Å². The number of nitrogens with zero attached hydrogens (tertiary/aromatic N) is 2. The average molecular weight is 491 g/mol. The minimum Gasteiger partial charge on any atom is -0.457 e. The highest BCUT2D eigenvalue weighted by atomic mass is 32.2. The summed E-state index contributed by atoms with van der Waals surface area (Å²) in [6.07, 6.45) is 0.789. The number of para-hydroxylation sites is 1. The molecule has 3 aromatic carbocycles. The topological polar surface area (TPSA) is 99.4 Å². The molecule has 0 aliphatic carbocycles. The number of amides is 1. The molecule has 0 atom stereocenters. The number of nitrogens with one attached hydrogen (secondary N) is 1. The van der Waals surface area contributed by atoms with Gasteiger partial charge in [0.1, 0.15) is 28.8 Å². The van der Waals surface area contributed by atoms with Gasteiger partial charge < -0.3 is 20.0 Å². The van der Waals surface area contributed by atoms with Gasteiger partial charge in [-0.25, -0.2) is 14.4 Å². The molecule has 1 aromatic heterocycles. The Hall–Kier alpha value is -3.95. The van der Waals surface area contributed by atoms with Gasteiger partial charge in [0, 0.05) is 23.1 Å². The van der Waals surface area contributed by atoms with E-state index in [1.165, 1.54) is 30.2 Å². The monoisotopic (exact) mass is 490 g/mol. The lowest BCUT2D eigenvalue weighted by molar-refractivity contribution is 0.0995. The van der Waals surface area contributed by atoms with E-state index in [2.05, 4.69) is 15.3 Å². The van der Waals surface area contributed by atoms with Crippen molar-refractivity contribution in [2.75, 3.05) is 18.2 Å². The number of nitrogens with two attached hydrogens (primary N) is 1. The van der Waals surface area contributed by atoms with Gasteiger partial charge in [0.25, 0.3) is 5.91 Å². The predicted molar refractivity (Wildman–Crippen MR) is 135 cm³/mol. The fraction of sp³-hybridized carbons (Fsp3) is 0.115. The molecule has 0 bridgehead atoms. The number of hydrogen-bond acceptors (Lipinski definition) is 7. The van der Waals surface area contributed by atoms with Crippen LogP contribution in [0.2, 0.25) is 0 Å². The number of ether oxygens (including phenoxy) is 1. The fourth-order valence-electron chi connectivity index (χ4n) is 3.31. The first kappa shape index (κ1) is 24.2. The molecule has 4 aromatic rings. The van der Waals surface area contributed by atoms with E-state index in [-0.39, 0.29) is 11.5 Å². The number of aryl methyl sites for hydroxylation is 1. The highest BCUT2D eigenvalue weighted by Crippen LogP contribution is 2.27. The molecule has 35 heavy (non-hydrogen) atoms. The van der Waals surface area contributed by atoms with Gasteiger partial charge in [0.15, 0.2) is 5.82 Å². The van der Waals surface area contributed by atoms with Crippen LogP contribution < -0.4 is 15.8 Å². The van der Waals surface area contributed by atoms with Crippen LogP contribution in [-0.4, -0.2) is 28.7 Å². The first-order valence-corrected chi connectivity index (χ1v) is 11.7. The van der Waals surface area contributed by atoms with Crippen molar-refractivity contribution in [1.82, 2.24) is 9.97 Å². The summed E-state index contributed by atoms with van der Waals surface area (Å²) in [5.74, 6) is 1.67. The highest BCUT2D eigenvalue weighted by Gasteiger charge is 2.13. The molecule has 0 aliphatic heterocycles. The quantitative estimate of drug-likeness (QED) is 0.216. The van der Waals surface area contributed by atoms with Gasteiger partial charge in [-0.2, -0.15) is 0 Å². The second kappa shape index (κ2) is 11.5. The Morgan fingerprint density at radius 3 is 2.37 bits per heavy atom. The second-order valence-corrected chi connectivity index (χ2v) is 8.40. The average Bonchev–Trinajstić information content (AvgIpc) is 2.87. The number of halogens is 1. The number of anilines is 2. The molecule has 0 fully saturated rings. The van der Waals surface area contributed by atoms with Gasteiger partial charge in [0.2, 0.25) is 0 Å². The van der Waals surface area contributed by atoms with Crippen LogP contribution >= 0.6 is 12.0 Å². The lowest BCUT2D eigenvalue weighted by Crippen LogP contribution is -2.15. The van der Waals surface area contributed by atoms with Crippen molar-refractivity contribution in [1.29, 1.82) is 0 Å². The maximum atomic E-state index is 13.1. The van der Waals surface area contributed by atoms with E-state index < -0.39 is 5.91 Å². The summed E-state index contributed by atoms with van der Waals surface area (Å²) < 4.78 is 23.9. The fourth-order valence-corrected chi connectivity index (χ4v) is 3.78. The third-order valence-electron chi connectivity index (χ3n) is 4.99. The number of rotatable bonds is 10. The molecule has 0 saturated carbocycles. The van der Waals surface area contributed by atoms with E-state index in [9.17, 15) is 9.18 Å².